The Morgan fingerprint density at radius 1 is 1.50 bits per heavy atom. The van der Waals surface area contributed by atoms with Crippen LogP contribution >= 0.6 is 0 Å². The van der Waals surface area contributed by atoms with E-state index in [0.29, 0.717) is 0 Å². The van der Waals surface area contributed by atoms with Crippen LogP contribution in [0, 0.1) is 5.92 Å². The van der Waals surface area contributed by atoms with E-state index in [-0.39, 0.29) is 6.54 Å². The lowest BCUT2D eigenvalue weighted by atomic mass is 9.91. The summed E-state index contributed by atoms with van der Waals surface area (Å²) >= 11 is 0. The zero-order valence-electron chi connectivity index (χ0n) is 11.5. The second-order valence-corrected chi connectivity index (χ2v) is 8.13. The number of carboxylic acids is 1. The molecule has 0 spiro atoms. The topological polar surface area (TPSA) is 143 Å². The fraction of sp³-hybridized carbons (Fsp3) is 0.636. The number of fused-ring (bicyclic) bond motifs is 1. The van der Waals surface area contributed by atoms with Gasteiger partial charge in [-0.2, -0.15) is 0 Å². The Morgan fingerprint density at radius 2 is 2.18 bits per heavy atom. The number of aliphatic hydroxyl groups excluding tert-OH is 1. The van der Waals surface area contributed by atoms with Gasteiger partial charge in [-0.1, -0.05) is 5.21 Å². The average Bonchev–Trinajstić information content (AvgIpc) is 2.97. The van der Waals surface area contributed by atoms with E-state index in [1.807, 2.05) is 0 Å². The van der Waals surface area contributed by atoms with Crippen LogP contribution in [0.1, 0.15) is 6.92 Å². The molecule has 0 aliphatic carbocycles. The minimum Gasteiger partial charge on any atom is -0.480 e. The molecule has 11 heteroatoms. The summed E-state index contributed by atoms with van der Waals surface area (Å²) < 4.78 is 25.1. The molecule has 10 nitrogen and oxygen atoms in total. The Morgan fingerprint density at radius 3 is 2.68 bits per heavy atom. The van der Waals surface area contributed by atoms with Gasteiger partial charge in [0.05, 0.1) is 25.3 Å². The third-order valence-electron chi connectivity index (χ3n) is 4.39. The number of carbonyl (C=O) groups excluding carboxylic acids is 1. The molecular weight excluding hydrogens is 316 g/mol. The molecule has 120 valence electrons. The van der Waals surface area contributed by atoms with Crippen molar-refractivity contribution in [3.63, 3.8) is 0 Å². The van der Waals surface area contributed by atoms with Crippen molar-refractivity contribution in [2.24, 2.45) is 5.92 Å². The zero-order valence-corrected chi connectivity index (χ0v) is 12.3. The van der Waals surface area contributed by atoms with Gasteiger partial charge in [0.1, 0.15) is 10.1 Å². The molecule has 2 fully saturated rings. The fourth-order valence-electron chi connectivity index (χ4n) is 3.28. The second-order valence-electron chi connectivity index (χ2n) is 5.62. The first-order valence-electron chi connectivity index (χ1n) is 6.49. The van der Waals surface area contributed by atoms with Crippen LogP contribution < -0.4 is 0 Å². The molecule has 0 unspecified atom stereocenters. The van der Waals surface area contributed by atoms with Gasteiger partial charge in [0, 0.05) is 6.20 Å². The van der Waals surface area contributed by atoms with Crippen LogP contribution in [0.25, 0.3) is 0 Å². The fourth-order valence-corrected chi connectivity index (χ4v) is 5.83. The predicted octanol–water partition coefficient (Wildman–Crippen LogP) is -2.30. The molecule has 1 aromatic rings. The number of carbonyl (C=O) groups is 2. The summed E-state index contributed by atoms with van der Waals surface area (Å²) in [6.45, 7) is 0.401. The first-order valence-corrected chi connectivity index (χ1v) is 8.03. The highest BCUT2D eigenvalue weighted by Crippen LogP contribution is 2.49. The molecule has 0 saturated carbocycles. The SMILES string of the molecule is C[C@]1(Cn2ccnn2)[C@H](C(=O)O)N2C(=O)[C@@H](CO)[C@H]2S1(=O)=O. The van der Waals surface area contributed by atoms with Crippen LogP contribution in [0.2, 0.25) is 0 Å². The van der Waals surface area contributed by atoms with Gasteiger partial charge in [0.25, 0.3) is 0 Å². The van der Waals surface area contributed by atoms with Crippen LogP contribution in [0.3, 0.4) is 0 Å². The van der Waals surface area contributed by atoms with Crippen LogP contribution in [-0.2, 0) is 26.0 Å². The summed E-state index contributed by atoms with van der Waals surface area (Å²) in [7, 11) is -4.02. The maximum absolute atomic E-state index is 12.8. The average molecular weight is 330 g/mol. The summed E-state index contributed by atoms with van der Waals surface area (Å²) in [6.07, 6.45) is 2.76. The largest absolute Gasteiger partial charge is 0.480 e. The highest BCUT2D eigenvalue weighted by molar-refractivity contribution is 7.93. The Balaban J connectivity index is 2.11. The zero-order chi connectivity index (χ0) is 16.3. The maximum Gasteiger partial charge on any atom is 0.328 e. The van der Waals surface area contributed by atoms with Gasteiger partial charge in [-0.15, -0.1) is 5.10 Å². The van der Waals surface area contributed by atoms with E-state index < -0.39 is 50.4 Å². The van der Waals surface area contributed by atoms with Gasteiger partial charge < -0.3 is 15.1 Å². The number of carboxylic acid groups (broad SMARTS) is 1. The van der Waals surface area contributed by atoms with E-state index in [9.17, 15) is 28.2 Å². The molecule has 0 radical (unpaired) electrons. The van der Waals surface area contributed by atoms with E-state index >= 15 is 0 Å². The van der Waals surface area contributed by atoms with Crippen LogP contribution in [-0.4, -0.2) is 73.2 Å². The summed E-state index contributed by atoms with van der Waals surface area (Å²) in [4.78, 5) is 24.4. The van der Waals surface area contributed by atoms with E-state index in [2.05, 4.69) is 10.3 Å². The van der Waals surface area contributed by atoms with Gasteiger partial charge in [0.2, 0.25) is 5.91 Å². The van der Waals surface area contributed by atoms with Gasteiger partial charge >= 0.3 is 5.97 Å². The molecule has 2 aliphatic rings. The molecule has 2 saturated heterocycles. The van der Waals surface area contributed by atoms with Crippen molar-refractivity contribution in [1.82, 2.24) is 19.9 Å². The lowest BCUT2D eigenvalue weighted by molar-refractivity contribution is -0.165. The monoisotopic (exact) mass is 330 g/mol. The van der Waals surface area contributed by atoms with Gasteiger partial charge in [-0.25, -0.2) is 13.2 Å². The minimum atomic E-state index is -4.02. The van der Waals surface area contributed by atoms with E-state index in [1.165, 1.54) is 24.0 Å². The van der Waals surface area contributed by atoms with Crippen molar-refractivity contribution in [2.75, 3.05) is 6.61 Å². The molecule has 2 N–H and O–H groups in total. The molecule has 0 aromatic carbocycles. The maximum atomic E-state index is 12.8. The van der Waals surface area contributed by atoms with Crippen molar-refractivity contribution in [3.05, 3.63) is 12.4 Å². The van der Waals surface area contributed by atoms with Crippen molar-refractivity contribution >= 4 is 21.7 Å². The predicted molar refractivity (Wildman–Crippen MR) is 70.0 cm³/mol. The quantitative estimate of drug-likeness (QED) is 0.587. The third-order valence-corrected chi connectivity index (χ3v) is 7.24. The van der Waals surface area contributed by atoms with Crippen molar-refractivity contribution in [3.8, 4) is 0 Å². The van der Waals surface area contributed by atoms with Crippen molar-refractivity contribution in [2.45, 2.75) is 29.6 Å². The molecular formula is C11H14N4O6S. The Hall–Kier alpha value is -2.01. The van der Waals surface area contributed by atoms with Crippen LogP contribution in [0.15, 0.2) is 12.4 Å². The number of amides is 1. The number of aliphatic hydroxyl groups is 1. The highest BCUT2D eigenvalue weighted by Gasteiger charge is 2.73. The smallest absolute Gasteiger partial charge is 0.328 e. The third kappa shape index (κ3) is 1.60. The number of aromatic nitrogens is 3. The highest BCUT2D eigenvalue weighted by atomic mass is 32.2. The Labute approximate surface area is 125 Å². The first kappa shape index (κ1) is 14.9. The minimum absolute atomic E-state index is 0.245. The molecule has 22 heavy (non-hydrogen) atoms. The lowest BCUT2D eigenvalue weighted by Gasteiger charge is -2.41. The Bertz CT molecular complexity index is 732. The normalized spacial score (nSPS) is 36.0. The summed E-state index contributed by atoms with van der Waals surface area (Å²) in [5, 5.41) is 24.6. The number of hydrogen-bond donors (Lipinski definition) is 2. The summed E-state index contributed by atoms with van der Waals surface area (Å²) in [6, 6.07) is -1.53. The van der Waals surface area contributed by atoms with E-state index in [0.717, 1.165) is 4.90 Å². The molecule has 4 atom stereocenters. The number of nitrogens with zero attached hydrogens (tertiary/aromatic N) is 4. The van der Waals surface area contributed by atoms with Crippen LogP contribution in [0.5, 0.6) is 0 Å². The summed E-state index contributed by atoms with van der Waals surface area (Å²) in [5.41, 5.74) is 0. The molecule has 3 heterocycles. The molecule has 3 rings (SSSR count). The van der Waals surface area contributed by atoms with Crippen LogP contribution in [0.4, 0.5) is 0 Å². The first-order chi connectivity index (χ1) is 10.3. The number of sulfone groups is 1. The lowest BCUT2D eigenvalue weighted by Crippen LogP contribution is -2.64. The second kappa shape index (κ2) is 4.49. The molecule has 0 bridgehead atoms. The van der Waals surface area contributed by atoms with Crippen molar-refractivity contribution in [1.29, 1.82) is 0 Å². The number of hydrogen-bond acceptors (Lipinski definition) is 7. The number of rotatable bonds is 4. The van der Waals surface area contributed by atoms with Crippen molar-refractivity contribution < 1.29 is 28.2 Å². The van der Waals surface area contributed by atoms with E-state index in [1.54, 1.807) is 0 Å². The molecule has 1 amide bonds. The number of aliphatic carboxylic acids is 1. The van der Waals surface area contributed by atoms with Gasteiger partial charge in [-0.3, -0.25) is 9.48 Å². The summed E-state index contributed by atoms with van der Waals surface area (Å²) in [5.74, 6) is -3.17. The van der Waals surface area contributed by atoms with E-state index in [4.69, 9.17) is 0 Å². The molecule has 2 aliphatic heterocycles. The van der Waals surface area contributed by atoms with Gasteiger partial charge in [-0.05, 0) is 6.92 Å². The Kier molecular flexibility index (Phi) is 3.04. The molecule has 1 aromatic heterocycles. The number of β-lactam (4-membered cyclic amide) rings is 1. The standard InChI is InChI=1S/C11H14N4O6S/c1-11(5-14-3-2-12-13-14)7(10(18)19)15-8(17)6(4-16)9(15)22(11,20)21/h2-3,6-7,9,16H,4-5H2,1H3,(H,18,19)/t6-,7+,9-,11+/m1/s1. The van der Waals surface area contributed by atoms with Gasteiger partial charge in [0.15, 0.2) is 15.9 Å².